The van der Waals surface area contributed by atoms with Crippen LogP contribution < -0.4 is 5.73 Å². The van der Waals surface area contributed by atoms with Gasteiger partial charge in [-0.15, -0.1) is 0 Å². The lowest BCUT2D eigenvalue weighted by Gasteiger charge is -2.26. The third-order valence-electron chi connectivity index (χ3n) is 2.43. The molecule has 1 rings (SSSR count). The summed E-state index contributed by atoms with van der Waals surface area (Å²) >= 11 is 5.22. The third kappa shape index (κ3) is 3.14. The van der Waals surface area contributed by atoms with Gasteiger partial charge in [-0.3, -0.25) is 0 Å². The fourth-order valence-electron chi connectivity index (χ4n) is 1.34. The Bertz CT molecular complexity index is 493. The lowest BCUT2D eigenvalue weighted by Crippen LogP contribution is -2.45. The van der Waals surface area contributed by atoms with E-state index in [2.05, 4.69) is 0 Å². The molecule has 0 heterocycles. The number of benzene rings is 1. The summed E-state index contributed by atoms with van der Waals surface area (Å²) in [5.41, 5.74) is 2.56. The minimum absolute atomic E-state index is 0.296. The van der Waals surface area contributed by atoms with Gasteiger partial charge in [0.25, 0.3) is 0 Å². The Morgan fingerprint density at radius 1 is 0.950 bits per heavy atom. The average molecular weight is 328 g/mol. The summed E-state index contributed by atoms with van der Waals surface area (Å²) in [6, 6.07) is -1.79. The Kier molecular flexibility index (Phi) is 4.27. The summed E-state index contributed by atoms with van der Waals surface area (Å²) in [6.07, 6.45) is -10.8. The van der Waals surface area contributed by atoms with E-state index >= 15 is 0 Å². The smallest absolute Gasteiger partial charge is 0.319 e. The molecule has 0 fully saturated rings. The van der Waals surface area contributed by atoms with Gasteiger partial charge in [0.1, 0.15) is 6.04 Å². The molecule has 1 nitrogen and oxygen atoms in total. The number of rotatable bonds is 2. The van der Waals surface area contributed by atoms with Gasteiger partial charge in [0.05, 0.1) is 10.6 Å². The number of hydrogen-bond donors (Lipinski definition) is 1. The van der Waals surface area contributed by atoms with Gasteiger partial charge >= 0.3 is 18.3 Å². The Labute approximate surface area is 112 Å². The average Bonchev–Trinajstić information content (AvgIpc) is 2.24. The second-order valence-corrected chi connectivity index (χ2v) is 4.24. The second kappa shape index (κ2) is 5.03. The van der Waals surface area contributed by atoms with Crippen molar-refractivity contribution < 1.29 is 35.1 Å². The molecular formula is C10H6ClF8N. The first-order valence-electron chi connectivity index (χ1n) is 4.85. The van der Waals surface area contributed by atoms with Crippen LogP contribution >= 0.6 is 11.6 Å². The van der Waals surface area contributed by atoms with E-state index in [9.17, 15) is 35.1 Å². The van der Waals surface area contributed by atoms with Gasteiger partial charge < -0.3 is 5.73 Å². The van der Waals surface area contributed by atoms with Crippen molar-refractivity contribution >= 4 is 11.6 Å². The van der Waals surface area contributed by atoms with Crippen LogP contribution in [-0.4, -0.2) is 12.1 Å². The molecule has 0 aliphatic carbocycles. The molecule has 114 valence electrons. The monoisotopic (exact) mass is 327 g/mol. The molecule has 20 heavy (non-hydrogen) atoms. The van der Waals surface area contributed by atoms with Gasteiger partial charge in [0, 0.05) is 0 Å². The van der Waals surface area contributed by atoms with E-state index in [4.69, 9.17) is 17.3 Å². The topological polar surface area (TPSA) is 26.0 Å². The van der Waals surface area contributed by atoms with E-state index in [-0.39, 0.29) is 0 Å². The molecule has 0 bridgehead atoms. The fourth-order valence-corrected chi connectivity index (χ4v) is 1.64. The Balaban J connectivity index is 3.21. The maximum absolute atomic E-state index is 13.0. The van der Waals surface area contributed by atoms with E-state index in [1.54, 1.807) is 0 Å². The van der Waals surface area contributed by atoms with Crippen LogP contribution in [0.25, 0.3) is 0 Å². The van der Waals surface area contributed by atoms with E-state index in [0.29, 0.717) is 18.2 Å². The summed E-state index contributed by atoms with van der Waals surface area (Å²) in [7, 11) is 0. The first-order chi connectivity index (χ1) is 8.78. The summed E-state index contributed by atoms with van der Waals surface area (Å²) in [6.45, 7) is 0. The minimum atomic E-state index is -5.93. The summed E-state index contributed by atoms with van der Waals surface area (Å²) in [5.74, 6) is -5.30. The van der Waals surface area contributed by atoms with Crippen LogP contribution in [0.2, 0.25) is 5.02 Å². The lowest BCUT2D eigenvalue weighted by molar-refractivity contribution is -0.291. The van der Waals surface area contributed by atoms with E-state index in [0.717, 1.165) is 0 Å². The standard InChI is InChI=1S/C10H6ClF8N/c11-6-3-4(1-2-5(6)9(14,15)16)7(20)8(12,13)10(17,18)19/h1-3,7H,20H2/t7-/m1/s1. The van der Waals surface area contributed by atoms with Crippen LogP contribution in [0.1, 0.15) is 17.2 Å². The van der Waals surface area contributed by atoms with E-state index < -0.39 is 40.5 Å². The van der Waals surface area contributed by atoms with E-state index in [1.165, 1.54) is 0 Å². The normalized spacial score (nSPS) is 15.3. The van der Waals surface area contributed by atoms with Gasteiger partial charge in [0.2, 0.25) is 0 Å². The van der Waals surface area contributed by atoms with Crippen LogP contribution in [0.15, 0.2) is 18.2 Å². The number of halogens is 9. The highest BCUT2D eigenvalue weighted by Crippen LogP contribution is 2.44. The minimum Gasteiger partial charge on any atom is -0.319 e. The van der Waals surface area contributed by atoms with Crippen LogP contribution in [0.4, 0.5) is 35.1 Å². The molecular weight excluding hydrogens is 322 g/mol. The molecule has 0 radical (unpaired) electrons. The first kappa shape index (κ1) is 17.0. The van der Waals surface area contributed by atoms with Crippen molar-refractivity contribution in [2.45, 2.75) is 24.3 Å². The highest BCUT2D eigenvalue weighted by molar-refractivity contribution is 6.31. The SMILES string of the molecule is N[C@H](c1ccc(C(F)(F)F)c(Cl)c1)C(F)(F)C(F)(F)F. The predicted octanol–water partition coefficient (Wildman–Crippen LogP) is 4.56. The quantitative estimate of drug-likeness (QED) is 0.792. The Hall–Kier alpha value is -1.09. The number of hydrogen-bond acceptors (Lipinski definition) is 1. The summed E-state index contributed by atoms with van der Waals surface area (Å²) < 4.78 is 99.3. The first-order valence-corrected chi connectivity index (χ1v) is 5.23. The van der Waals surface area contributed by atoms with E-state index in [1.807, 2.05) is 0 Å². The Morgan fingerprint density at radius 2 is 1.45 bits per heavy atom. The van der Waals surface area contributed by atoms with Crippen molar-refractivity contribution in [2.75, 3.05) is 0 Å². The predicted molar refractivity (Wildman–Crippen MR) is 54.4 cm³/mol. The number of alkyl halides is 8. The molecule has 0 saturated carbocycles. The summed E-state index contributed by atoms with van der Waals surface area (Å²) in [4.78, 5) is 0. The molecule has 0 aliphatic rings. The molecule has 0 aliphatic heterocycles. The van der Waals surface area contributed by atoms with Gasteiger partial charge in [-0.25, -0.2) is 0 Å². The Morgan fingerprint density at radius 3 is 1.80 bits per heavy atom. The van der Waals surface area contributed by atoms with Gasteiger partial charge in [0.15, 0.2) is 0 Å². The third-order valence-corrected chi connectivity index (χ3v) is 2.74. The second-order valence-electron chi connectivity index (χ2n) is 3.84. The van der Waals surface area contributed by atoms with Crippen LogP contribution in [0.3, 0.4) is 0 Å². The van der Waals surface area contributed by atoms with Crippen molar-refractivity contribution in [3.8, 4) is 0 Å². The summed E-state index contributed by atoms with van der Waals surface area (Å²) in [5, 5.41) is -1.01. The van der Waals surface area contributed by atoms with Gasteiger partial charge in [-0.1, -0.05) is 17.7 Å². The molecule has 1 aromatic rings. The molecule has 1 aromatic carbocycles. The fraction of sp³-hybridized carbons (Fsp3) is 0.400. The van der Waals surface area contributed by atoms with Crippen LogP contribution in [0.5, 0.6) is 0 Å². The molecule has 10 heteroatoms. The molecule has 0 spiro atoms. The van der Waals surface area contributed by atoms with Gasteiger partial charge in [-0.2, -0.15) is 35.1 Å². The van der Waals surface area contributed by atoms with Crippen LogP contribution in [0, 0.1) is 0 Å². The molecule has 0 amide bonds. The molecule has 2 N–H and O–H groups in total. The zero-order chi connectivity index (χ0) is 15.9. The molecule has 0 aromatic heterocycles. The van der Waals surface area contributed by atoms with Crippen molar-refractivity contribution in [1.82, 2.24) is 0 Å². The zero-order valence-electron chi connectivity index (χ0n) is 9.29. The highest BCUT2D eigenvalue weighted by Gasteiger charge is 2.61. The van der Waals surface area contributed by atoms with Crippen molar-refractivity contribution in [3.63, 3.8) is 0 Å². The van der Waals surface area contributed by atoms with Crippen molar-refractivity contribution in [1.29, 1.82) is 0 Å². The molecule has 1 atom stereocenters. The maximum atomic E-state index is 13.0. The largest absolute Gasteiger partial charge is 0.455 e. The lowest BCUT2D eigenvalue weighted by atomic mass is 9.99. The van der Waals surface area contributed by atoms with Gasteiger partial charge in [-0.05, 0) is 17.7 Å². The maximum Gasteiger partial charge on any atom is 0.455 e. The number of nitrogens with two attached hydrogens (primary N) is 1. The highest BCUT2D eigenvalue weighted by atomic mass is 35.5. The molecule has 0 unspecified atom stereocenters. The van der Waals surface area contributed by atoms with Crippen LogP contribution in [-0.2, 0) is 6.18 Å². The zero-order valence-corrected chi connectivity index (χ0v) is 10.0. The van der Waals surface area contributed by atoms with Crippen molar-refractivity contribution in [2.24, 2.45) is 5.73 Å². The molecule has 0 saturated heterocycles. The van der Waals surface area contributed by atoms with Crippen molar-refractivity contribution in [3.05, 3.63) is 34.3 Å².